The third-order valence-electron chi connectivity index (χ3n) is 2.32. The second-order valence-electron chi connectivity index (χ2n) is 4.11. The van der Waals surface area contributed by atoms with Crippen LogP contribution < -0.4 is 10.6 Å². The first-order valence-corrected chi connectivity index (χ1v) is 5.87. The molecule has 0 bridgehead atoms. The summed E-state index contributed by atoms with van der Waals surface area (Å²) >= 11 is 0. The van der Waals surface area contributed by atoms with Gasteiger partial charge in [-0.3, -0.25) is 4.79 Å². The number of pyridine rings is 1. The summed E-state index contributed by atoms with van der Waals surface area (Å²) in [5.74, 6) is -0.921. The molecule has 1 aromatic rings. The number of hydrogen-bond donors (Lipinski definition) is 2. The standard InChI is InChI=1S/C12H19FN4O/c1-4-14-11-10(13)9(5-6-15-11)12(18)16-7-8-17(2)3/h5-6H,4,7-8H2,1-3H3,(H,14,15)(H,16,18). The van der Waals surface area contributed by atoms with E-state index in [4.69, 9.17) is 0 Å². The van der Waals surface area contributed by atoms with Gasteiger partial charge in [-0.15, -0.1) is 0 Å². The Morgan fingerprint density at radius 3 is 2.83 bits per heavy atom. The smallest absolute Gasteiger partial charge is 0.254 e. The van der Waals surface area contributed by atoms with Crippen LogP contribution in [0.5, 0.6) is 0 Å². The minimum atomic E-state index is -0.610. The van der Waals surface area contributed by atoms with Crippen LogP contribution in [-0.2, 0) is 0 Å². The van der Waals surface area contributed by atoms with Gasteiger partial charge in [-0.1, -0.05) is 0 Å². The monoisotopic (exact) mass is 254 g/mol. The van der Waals surface area contributed by atoms with E-state index in [1.807, 2.05) is 25.9 Å². The van der Waals surface area contributed by atoms with Crippen molar-refractivity contribution in [1.29, 1.82) is 0 Å². The van der Waals surface area contributed by atoms with Crippen LogP contribution >= 0.6 is 0 Å². The van der Waals surface area contributed by atoms with E-state index in [1.54, 1.807) is 0 Å². The van der Waals surface area contributed by atoms with Crippen molar-refractivity contribution < 1.29 is 9.18 Å². The van der Waals surface area contributed by atoms with Gasteiger partial charge in [0.2, 0.25) is 0 Å². The maximum absolute atomic E-state index is 13.9. The summed E-state index contributed by atoms with van der Waals surface area (Å²) in [6, 6.07) is 1.38. The normalized spacial score (nSPS) is 10.5. The molecule has 0 radical (unpaired) electrons. The second-order valence-corrected chi connectivity index (χ2v) is 4.11. The fourth-order valence-corrected chi connectivity index (χ4v) is 1.40. The van der Waals surface area contributed by atoms with Gasteiger partial charge in [0.1, 0.15) is 0 Å². The van der Waals surface area contributed by atoms with E-state index in [2.05, 4.69) is 15.6 Å². The number of hydrogen-bond acceptors (Lipinski definition) is 4. The third kappa shape index (κ3) is 3.96. The van der Waals surface area contributed by atoms with Crippen molar-refractivity contribution in [2.75, 3.05) is 39.0 Å². The van der Waals surface area contributed by atoms with Gasteiger partial charge in [0.25, 0.3) is 5.91 Å². The zero-order valence-electron chi connectivity index (χ0n) is 11.0. The molecular weight excluding hydrogens is 235 g/mol. The number of nitrogens with one attached hydrogen (secondary N) is 2. The molecule has 18 heavy (non-hydrogen) atoms. The first-order valence-electron chi connectivity index (χ1n) is 5.87. The number of nitrogens with zero attached hydrogens (tertiary/aromatic N) is 2. The van der Waals surface area contributed by atoms with Crippen LogP contribution in [0.25, 0.3) is 0 Å². The van der Waals surface area contributed by atoms with Gasteiger partial charge in [0.05, 0.1) is 5.56 Å². The summed E-state index contributed by atoms with van der Waals surface area (Å²) in [6.45, 7) is 3.57. The topological polar surface area (TPSA) is 57.3 Å². The molecule has 6 heteroatoms. The molecule has 0 aromatic carbocycles. The molecule has 0 atom stereocenters. The SMILES string of the molecule is CCNc1nccc(C(=O)NCCN(C)C)c1F. The molecule has 100 valence electrons. The van der Waals surface area contributed by atoms with Crippen molar-refractivity contribution in [3.05, 3.63) is 23.6 Å². The van der Waals surface area contributed by atoms with Gasteiger partial charge in [0, 0.05) is 25.8 Å². The van der Waals surface area contributed by atoms with Crippen LogP contribution in [0.4, 0.5) is 10.2 Å². The molecule has 1 aromatic heterocycles. The number of halogens is 1. The van der Waals surface area contributed by atoms with Crippen molar-refractivity contribution in [3.8, 4) is 0 Å². The van der Waals surface area contributed by atoms with Crippen LogP contribution in [-0.4, -0.2) is 49.5 Å². The number of carbonyl (C=O) groups excluding carboxylic acids is 1. The van der Waals surface area contributed by atoms with Crippen LogP contribution in [0.1, 0.15) is 17.3 Å². The van der Waals surface area contributed by atoms with E-state index in [9.17, 15) is 9.18 Å². The van der Waals surface area contributed by atoms with E-state index in [0.29, 0.717) is 19.6 Å². The van der Waals surface area contributed by atoms with E-state index in [-0.39, 0.29) is 11.4 Å². The highest BCUT2D eigenvalue weighted by Gasteiger charge is 2.15. The van der Waals surface area contributed by atoms with Gasteiger partial charge in [-0.2, -0.15) is 0 Å². The number of carbonyl (C=O) groups is 1. The fourth-order valence-electron chi connectivity index (χ4n) is 1.40. The summed E-state index contributed by atoms with van der Waals surface area (Å²) in [6.07, 6.45) is 1.42. The summed E-state index contributed by atoms with van der Waals surface area (Å²) in [5, 5.41) is 5.44. The lowest BCUT2D eigenvalue weighted by molar-refractivity contribution is 0.0947. The Labute approximate surface area is 106 Å². The average Bonchev–Trinajstić information content (AvgIpc) is 2.31. The Kier molecular flexibility index (Phi) is 5.51. The Bertz CT molecular complexity index is 409. The minimum Gasteiger partial charge on any atom is -0.368 e. The van der Waals surface area contributed by atoms with Crippen molar-refractivity contribution in [1.82, 2.24) is 15.2 Å². The molecule has 5 nitrogen and oxygen atoms in total. The first-order chi connectivity index (χ1) is 8.56. The van der Waals surface area contributed by atoms with Crippen molar-refractivity contribution in [2.24, 2.45) is 0 Å². The Balaban J connectivity index is 2.70. The quantitative estimate of drug-likeness (QED) is 0.793. The molecule has 1 heterocycles. The highest BCUT2D eigenvalue weighted by molar-refractivity contribution is 5.95. The summed E-state index contributed by atoms with van der Waals surface area (Å²) < 4.78 is 13.9. The van der Waals surface area contributed by atoms with E-state index in [0.717, 1.165) is 0 Å². The molecule has 0 aliphatic heterocycles. The molecule has 1 amide bonds. The summed E-state index contributed by atoms with van der Waals surface area (Å²) in [4.78, 5) is 17.6. The summed E-state index contributed by atoms with van der Waals surface area (Å²) in [5.41, 5.74) is 0.0136. The molecule has 0 aliphatic rings. The lowest BCUT2D eigenvalue weighted by Crippen LogP contribution is -2.32. The van der Waals surface area contributed by atoms with E-state index in [1.165, 1.54) is 12.3 Å². The van der Waals surface area contributed by atoms with Gasteiger partial charge in [-0.25, -0.2) is 9.37 Å². The summed E-state index contributed by atoms with van der Waals surface area (Å²) in [7, 11) is 3.81. The number of anilines is 1. The molecule has 0 fully saturated rings. The van der Waals surface area contributed by atoms with E-state index >= 15 is 0 Å². The van der Waals surface area contributed by atoms with Gasteiger partial charge >= 0.3 is 0 Å². The predicted molar refractivity (Wildman–Crippen MR) is 69.2 cm³/mol. The third-order valence-corrected chi connectivity index (χ3v) is 2.32. The zero-order valence-corrected chi connectivity index (χ0v) is 11.0. The molecule has 0 saturated heterocycles. The Morgan fingerprint density at radius 2 is 2.22 bits per heavy atom. The lowest BCUT2D eigenvalue weighted by Gasteiger charge is -2.11. The number of rotatable bonds is 6. The molecule has 0 unspecified atom stereocenters. The fraction of sp³-hybridized carbons (Fsp3) is 0.500. The highest BCUT2D eigenvalue weighted by atomic mass is 19.1. The van der Waals surface area contributed by atoms with E-state index < -0.39 is 11.7 Å². The first kappa shape index (κ1) is 14.4. The molecule has 0 saturated carbocycles. The maximum atomic E-state index is 13.9. The Morgan fingerprint density at radius 1 is 1.50 bits per heavy atom. The minimum absolute atomic E-state index is 0.0136. The largest absolute Gasteiger partial charge is 0.368 e. The second kappa shape index (κ2) is 6.90. The predicted octanol–water partition coefficient (Wildman–Crippen LogP) is 0.944. The molecule has 2 N–H and O–H groups in total. The van der Waals surface area contributed by atoms with Crippen molar-refractivity contribution in [3.63, 3.8) is 0 Å². The van der Waals surface area contributed by atoms with Gasteiger partial charge in [0.15, 0.2) is 11.6 Å². The average molecular weight is 254 g/mol. The highest BCUT2D eigenvalue weighted by Crippen LogP contribution is 2.14. The number of amides is 1. The van der Waals surface area contributed by atoms with Gasteiger partial charge < -0.3 is 15.5 Å². The lowest BCUT2D eigenvalue weighted by atomic mass is 10.2. The number of likely N-dealkylation sites (N-methyl/N-ethyl adjacent to an activating group) is 1. The van der Waals surface area contributed by atoms with Crippen LogP contribution in [0.3, 0.4) is 0 Å². The van der Waals surface area contributed by atoms with Crippen LogP contribution in [0.2, 0.25) is 0 Å². The molecular formula is C12H19FN4O. The van der Waals surface area contributed by atoms with Crippen LogP contribution in [0.15, 0.2) is 12.3 Å². The molecule has 0 spiro atoms. The Hall–Kier alpha value is -1.69. The van der Waals surface area contributed by atoms with Crippen molar-refractivity contribution in [2.45, 2.75) is 6.92 Å². The molecule has 1 rings (SSSR count). The molecule has 0 aliphatic carbocycles. The van der Waals surface area contributed by atoms with Crippen molar-refractivity contribution >= 4 is 11.7 Å². The zero-order chi connectivity index (χ0) is 13.5. The maximum Gasteiger partial charge on any atom is 0.254 e. The number of aromatic nitrogens is 1. The van der Waals surface area contributed by atoms with Gasteiger partial charge in [-0.05, 0) is 27.1 Å². The van der Waals surface area contributed by atoms with Crippen LogP contribution in [0, 0.1) is 5.82 Å².